The smallest absolute Gasteiger partial charge is 0.405 e. The molecule has 0 amide bonds. The van der Waals surface area contributed by atoms with Gasteiger partial charge in [0, 0.05) is 10.0 Å². The molecule has 1 aromatic rings. The van der Waals surface area contributed by atoms with E-state index in [1.54, 1.807) is 0 Å². The molecule has 3 nitrogen and oxygen atoms in total. The zero-order chi connectivity index (χ0) is 14.6. The Hall–Kier alpha value is -0.500. The van der Waals surface area contributed by atoms with Crippen LogP contribution in [0.2, 0.25) is 0 Å². The molecule has 0 aromatic heterocycles. The molecule has 1 rings (SSSR count). The zero-order valence-electron chi connectivity index (χ0n) is 10.7. The van der Waals surface area contributed by atoms with Crippen molar-refractivity contribution in [2.24, 2.45) is 5.73 Å². The Morgan fingerprint density at radius 1 is 1.40 bits per heavy atom. The molecule has 0 saturated heterocycles. The van der Waals surface area contributed by atoms with Crippen molar-refractivity contribution in [2.45, 2.75) is 38.3 Å². The summed E-state index contributed by atoms with van der Waals surface area (Å²) in [6, 6.07) is 3.08. The molecule has 1 aromatic carbocycles. The maximum atomic E-state index is 12.3. The van der Waals surface area contributed by atoms with Crippen LogP contribution < -0.4 is 10.5 Å². The highest BCUT2D eigenvalue weighted by Gasteiger charge is 2.33. The Kier molecular flexibility index (Phi) is 7.87. The monoisotopic (exact) mass is 377 g/mol. The molecule has 0 aliphatic heterocycles. The van der Waals surface area contributed by atoms with E-state index in [4.69, 9.17) is 5.73 Å². The van der Waals surface area contributed by atoms with E-state index < -0.39 is 24.3 Å². The van der Waals surface area contributed by atoms with Crippen molar-refractivity contribution in [3.63, 3.8) is 0 Å². The molecule has 3 N–H and O–H groups in total. The van der Waals surface area contributed by atoms with E-state index in [-0.39, 0.29) is 18.0 Å². The minimum atomic E-state index is -4.79. The lowest BCUT2D eigenvalue weighted by molar-refractivity contribution is -0.275. The predicted octanol–water partition coefficient (Wildman–Crippen LogP) is 3.93. The van der Waals surface area contributed by atoms with Crippen LogP contribution in [0.5, 0.6) is 5.75 Å². The van der Waals surface area contributed by atoms with Crippen LogP contribution in [0.1, 0.15) is 31.4 Å². The van der Waals surface area contributed by atoms with Gasteiger partial charge in [0.2, 0.25) is 0 Å². The Labute approximate surface area is 129 Å². The standard InChI is InChI=1S/C12H15BrF3NO2.ClH/c1-2-3-9(18)11(17)8-6-7(13)4-5-10(8)19-12(14,15)16;/h4-6,9,11,18H,2-3,17H2,1H3;1H/t9-,11+;/m1./s1. The maximum Gasteiger partial charge on any atom is 0.573 e. The van der Waals surface area contributed by atoms with Crippen molar-refractivity contribution in [3.8, 4) is 5.75 Å². The molecule has 0 saturated carbocycles. The van der Waals surface area contributed by atoms with E-state index in [9.17, 15) is 18.3 Å². The van der Waals surface area contributed by atoms with Crippen LogP contribution in [0.25, 0.3) is 0 Å². The number of rotatable bonds is 5. The van der Waals surface area contributed by atoms with Crippen LogP contribution in [-0.2, 0) is 0 Å². The van der Waals surface area contributed by atoms with Gasteiger partial charge < -0.3 is 15.6 Å². The zero-order valence-corrected chi connectivity index (χ0v) is 13.1. The number of alkyl halides is 3. The molecule has 0 radical (unpaired) electrons. The van der Waals surface area contributed by atoms with Crippen LogP contribution in [0, 0.1) is 0 Å². The summed E-state index contributed by atoms with van der Waals surface area (Å²) in [4.78, 5) is 0. The normalized spacial score (nSPS) is 14.3. The third-order valence-electron chi connectivity index (χ3n) is 2.56. The summed E-state index contributed by atoms with van der Waals surface area (Å²) in [5.41, 5.74) is 5.91. The lowest BCUT2D eigenvalue weighted by Crippen LogP contribution is -2.28. The van der Waals surface area contributed by atoms with E-state index in [2.05, 4.69) is 20.7 Å². The van der Waals surface area contributed by atoms with Crippen molar-refractivity contribution >= 4 is 28.3 Å². The summed E-state index contributed by atoms with van der Waals surface area (Å²) >= 11 is 3.16. The van der Waals surface area contributed by atoms with E-state index in [0.29, 0.717) is 17.3 Å². The molecule has 0 aliphatic rings. The number of ether oxygens (including phenoxy) is 1. The highest BCUT2D eigenvalue weighted by molar-refractivity contribution is 9.10. The first-order valence-corrected chi connectivity index (χ1v) is 6.52. The second-order valence-electron chi connectivity index (χ2n) is 4.11. The van der Waals surface area contributed by atoms with E-state index in [1.807, 2.05) is 6.92 Å². The highest BCUT2D eigenvalue weighted by Crippen LogP contribution is 2.33. The third kappa shape index (κ3) is 5.87. The van der Waals surface area contributed by atoms with Crippen LogP contribution in [-0.4, -0.2) is 17.6 Å². The average molecular weight is 379 g/mol. The van der Waals surface area contributed by atoms with E-state index in [0.717, 1.165) is 0 Å². The highest BCUT2D eigenvalue weighted by atomic mass is 79.9. The SMILES string of the molecule is CCC[C@@H](O)[C@@H](N)c1cc(Br)ccc1OC(F)(F)F.Cl. The van der Waals surface area contributed by atoms with Crippen molar-refractivity contribution < 1.29 is 23.0 Å². The van der Waals surface area contributed by atoms with Crippen LogP contribution >= 0.6 is 28.3 Å². The number of nitrogens with two attached hydrogens (primary N) is 1. The van der Waals surface area contributed by atoms with Crippen molar-refractivity contribution in [3.05, 3.63) is 28.2 Å². The number of aliphatic hydroxyl groups excluding tert-OH is 1. The number of hydrogen-bond acceptors (Lipinski definition) is 3. The van der Waals surface area contributed by atoms with Gasteiger partial charge in [0.15, 0.2) is 0 Å². The largest absolute Gasteiger partial charge is 0.573 e. The summed E-state index contributed by atoms with van der Waals surface area (Å²) in [7, 11) is 0. The fourth-order valence-corrected chi connectivity index (χ4v) is 2.06. The minimum absolute atomic E-state index is 0. The number of benzene rings is 1. The van der Waals surface area contributed by atoms with Crippen LogP contribution in [0.4, 0.5) is 13.2 Å². The van der Waals surface area contributed by atoms with Gasteiger partial charge in [0.05, 0.1) is 12.1 Å². The topological polar surface area (TPSA) is 55.5 Å². The van der Waals surface area contributed by atoms with Gasteiger partial charge in [-0.1, -0.05) is 29.3 Å². The minimum Gasteiger partial charge on any atom is -0.405 e. The fraction of sp³-hybridized carbons (Fsp3) is 0.500. The van der Waals surface area contributed by atoms with Crippen molar-refractivity contribution in [2.75, 3.05) is 0 Å². The van der Waals surface area contributed by atoms with E-state index in [1.165, 1.54) is 18.2 Å². The second-order valence-corrected chi connectivity index (χ2v) is 5.03. The van der Waals surface area contributed by atoms with Gasteiger partial charge in [-0.3, -0.25) is 0 Å². The van der Waals surface area contributed by atoms with Crippen LogP contribution in [0.3, 0.4) is 0 Å². The molecule has 2 atom stereocenters. The molecule has 116 valence electrons. The summed E-state index contributed by atoms with van der Waals surface area (Å²) < 4.78 is 41.4. The maximum absolute atomic E-state index is 12.3. The fourth-order valence-electron chi connectivity index (χ4n) is 1.68. The van der Waals surface area contributed by atoms with Gasteiger partial charge >= 0.3 is 6.36 Å². The number of hydrogen-bond donors (Lipinski definition) is 2. The Morgan fingerprint density at radius 2 is 2.00 bits per heavy atom. The van der Waals surface area contributed by atoms with Crippen molar-refractivity contribution in [1.29, 1.82) is 0 Å². The molecule has 0 bridgehead atoms. The molecule has 20 heavy (non-hydrogen) atoms. The molecular weight excluding hydrogens is 362 g/mol. The lowest BCUT2D eigenvalue weighted by atomic mass is 9.98. The molecule has 0 fully saturated rings. The predicted molar refractivity (Wildman–Crippen MR) is 75.9 cm³/mol. The van der Waals surface area contributed by atoms with Crippen LogP contribution in [0.15, 0.2) is 22.7 Å². The van der Waals surface area contributed by atoms with Gasteiger partial charge in [-0.05, 0) is 24.6 Å². The molecule has 0 spiro atoms. The van der Waals surface area contributed by atoms with Gasteiger partial charge in [-0.25, -0.2) is 0 Å². The Bertz CT molecular complexity index is 432. The first kappa shape index (κ1) is 19.5. The van der Waals surface area contributed by atoms with Gasteiger partial charge in [0.1, 0.15) is 5.75 Å². The number of aliphatic hydroxyl groups is 1. The summed E-state index contributed by atoms with van der Waals surface area (Å²) in [5, 5.41) is 9.81. The molecule has 0 unspecified atom stereocenters. The van der Waals surface area contributed by atoms with Gasteiger partial charge in [-0.2, -0.15) is 0 Å². The first-order valence-electron chi connectivity index (χ1n) is 5.73. The summed E-state index contributed by atoms with van der Waals surface area (Å²) in [6.07, 6.45) is -4.63. The summed E-state index contributed by atoms with van der Waals surface area (Å²) in [6.45, 7) is 1.85. The molecule has 8 heteroatoms. The first-order chi connectivity index (χ1) is 8.74. The number of halogens is 5. The Morgan fingerprint density at radius 3 is 2.50 bits per heavy atom. The van der Waals surface area contributed by atoms with E-state index >= 15 is 0 Å². The Balaban J connectivity index is 0.00000361. The average Bonchev–Trinajstić information content (AvgIpc) is 2.29. The molecular formula is C12H16BrClF3NO2. The quantitative estimate of drug-likeness (QED) is 0.816. The van der Waals surface area contributed by atoms with Crippen molar-refractivity contribution in [1.82, 2.24) is 0 Å². The van der Waals surface area contributed by atoms with Gasteiger partial charge in [0.25, 0.3) is 0 Å². The third-order valence-corrected chi connectivity index (χ3v) is 3.05. The lowest BCUT2D eigenvalue weighted by Gasteiger charge is -2.22. The molecule has 0 heterocycles. The summed E-state index contributed by atoms with van der Waals surface area (Å²) in [5.74, 6) is -0.390. The second kappa shape index (κ2) is 8.07. The molecule has 0 aliphatic carbocycles. The van der Waals surface area contributed by atoms with Gasteiger partial charge in [-0.15, -0.1) is 25.6 Å².